The van der Waals surface area contributed by atoms with Crippen molar-refractivity contribution in [2.75, 3.05) is 32.5 Å². The van der Waals surface area contributed by atoms with E-state index in [-0.39, 0.29) is 11.8 Å². The SMILES string of the molecule is Cc1ccc(CN(C)C)cc1NC(=O)C1CC12CCNCC2. The molecular weight excluding hydrogens is 274 g/mol. The number of nitrogens with zero attached hydrogens (tertiary/aromatic N) is 1. The normalized spacial score (nSPS) is 22.8. The summed E-state index contributed by atoms with van der Waals surface area (Å²) in [4.78, 5) is 14.7. The van der Waals surface area contributed by atoms with Gasteiger partial charge in [-0.15, -0.1) is 0 Å². The van der Waals surface area contributed by atoms with Gasteiger partial charge in [0.25, 0.3) is 0 Å². The fraction of sp³-hybridized carbons (Fsp3) is 0.611. The molecule has 1 unspecified atom stereocenters. The smallest absolute Gasteiger partial charge is 0.228 e. The van der Waals surface area contributed by atoms with Crippen molar-refractivity contribution in [1.82, 2.24) is 10.2 Å². The maximum absolute atomic E-state index is 12.6. The molecule has 2 N–H and O–H groups in total. The van der Waals surface area contributed by atoms with Gasteiger partial charge < -0.3 is 15.5 Å². The molecule has 1 atom stereocenters. The predicted molar refractivity (Wildman–Crippen MR) is 89.8 cm³/mol. The number of rotatable bonds is 4. The van der Waals surface area contributed by atoms with Gasteiger partial charge in [0.05, 0.1) is 0 Å². The van der Waals surface area contributed by atoms with Gasteiger partial charge in [-0.2, -0.15) is 0 Å². The highest BCUT2D eigenvalue weighted by Crippen LogP contribution is 2.58. The molecule has 1 aliphatic carbocycles. The molecule has 1 spiro atoms. The van der Waals surface area contributed by atoms with Crippen molar-refractivity contribution in [3.05, 3.63) is 29.3 Å². The van der Waals surface area contributed by atoms with Crippen LogP contribution in [0.1, 0.15) is 30.4 Å². The Morgan fingerprint density at radius 1 is 1.36 bits per heavy atom. The molecule has 1 aromatic carbocycles. The van der Waals surface area contributed by atoms with Crippen molar-refractivity contribution in [3.63, 3.8) is 0 Å². The van der Waals surface area contributed by atoms with E-state index in [0.29, 0.717) is 5.41 Å². The fourth-order valence-electron chi connectivity index (χ4n) is 3.68. The van der Waals surface area contributed by atoms with Crippen LogP contribution in [0.3, 0.4) is 0 Å². The monoisotopic (exact) mass is 301 g/mol. The van der Waals surface area contributed by atoms with E-state index < -0.39 is 0 Å². The lowest BCUT2D eigenvalue weighted by molar-refractivity contribution is -0.118. The van der Waals surface area contributed by atoms with E-state index >= 15 is 0 Å². The molecule has 1 saturated carbocycles. The average molecular weight is 301 g/mol. The third kappa shape index (κ3) is 3.18. The lowest BCUT2D eigenvalue weighted by atomic mass is 9.91. The van der Waals surface area contributed by atoms with Crippen LogP contribution in [0.4, 0.5) is 5.69 Å². The Balaban J connectivity index is 1.66. The maximum atomic E-state index is 12.6. The van der Waals surface area contributed by atoms with Crippen LogP contribution in [0.15, 0.2) is 18.2 Å². The van der Waals surface area contributed by atoms with E-state index in [0.717, 1.165) is 50.1 Å². The highest BCUT2D eigenvalue weighted by molar-refractivity contribution is 5.95. The Morgan fingerprint density at radius 3 is 2.77 bits per heavy atom. The molecule has 4 nitrogen and oxygen atoms in total. The summed E-state index contributed by atoms with van der Waals surface area (Å²) in [7, 11) is 4.12. The van der Waals surface area contributed by atoms with Crippen LogP contribution in [0.5, 0.6) is 0 Å². The summed E-state index contributed by atoms with van der Waals surface area (Å²) in [6.07, 6.45) is 3.35. The fourth-order valence-corrected chi connectivity index (χ4v) is 3.68. The second-order valence-corrected chi connectivity index (χ2v) is 7.25. The molecule has 0 bridgehead atoms. The number of aryl methyl sites for hydroxylation is 1. The zero-order valence-electron chi connectivity index (χ0n) is 13.9. The second kappa shape index (κ2) is 6.01. The Labute approximate surface area is 133 Å². The Kier molecular flexibility index (Phi) is 4.24. The third-order valence-corrected chi connectivity index (χ3v) is 5.16. The lowest BCUT2D eigenvalue weighted by Gasteiger charge is -2.23. The Hall–Kier alpha value is -1.39. The van der Waals surface area contributed by atoms with Gasteiger partial charge in [-0.05, 0) is 76.0 Å². The van der Waals surface area contributed by atoms with Crippen LogP contribution < -0.4 is 10.6 Å². The number of anilines is 1. The number of amides is 1. The minimum atomic E-state index is 0.214. The van der Waals surface area contributed by atoms with Crippen molar-refractivity contribution < 1.29 is 4.79 Å². The first-order valence-electron chi connectivity index (χ1n) is 8.26. The third-order valence-electron chi connectivity index (χ3n) is 5.16. The van der Waals surface area contributed by atoms with Crippen LogP contribution in [-0.4, -0.2) is 38.0 Å². The maximum Gasteiger partial charge on any atom is 0.228 e. The first-order valence-corrected chi connectivity index (χ1v) is 8.26. The summed E-state index contributed by atoms with van der Waals surface area (Å²) in [5.74, 6) is 0.429. The molecule has 1 heterocycles. The molecule has 0 radical (unpaired) electrons. The minimum Gasteiger partial charge on any atom is -0.326 e. The highest BCUT2D eigenvalue weighted by atomic mass is 16.2. The quantitative estimate of drug-likeness (QED) is 0.897. The van der Waals surface area contributed by atoms with Gasteiger partial charge in [0.1, 0.15) is 0 Å². The largest absolute Gasteiger partial charge is 0.326 e. The van der Waals surface area contributed by atoms with Gasteiger partial charge in [-0.25, -0.2) is 0 Å². The number of hydrogen-bond acceptors (Lipinski definition) is 3. The average Bonchev–Trinajstić information content (AvgIpc) is 3.16. The molecule has 4 heteroatoms. The van der Waals surface area contributed by atoms with Crippen molar-refractivity contribution in [3.8, 4) is 0 Å². The summed E-state index contributed by atoms with van der Waals surface area (Å²) < 4.78 is 0. The predicted octanol–water partition coefficient (Wildman–Crippen LogP) is 2.38. The second-order valence-electron chi connectivity index (χ2n) is 7.25. The van der Waals surface area contributed by atoms with Crippen molar-refractivity contribution in [2.45, 2.75) is 32.7 Å². The van der Waals surface area contributed by atoms with Crippen LogP contribution in [0.2, 0.25) is 0 Å². The summed E-state index contributed by atoms with van der Waals surface area (Å²) in [6.45, 7) is 5.06. The van der Waals surface area contributed by atoms with Crippen molar-refractivity contribution in [1.29, 1.82) is 0 Å². The topological polar surface area (TPSA) is 44.4 Å². The first kappa shape index (κ1) is 15.5. The van der Waals surface area contributed by atoms with Crippen LogP contribution in [0, 0.1) is 18.3 Å². The van der Waals surface area contributed by atoms with Gasteiger partial charge in [0, 0.05) is 18.2 Å². The Bertz CT molecular complexity index is 561. The van der Waals surface area contributed by atoms with Gasteiger partial charge in [0.2, 0.25) is 5.91 Å². The standard InChI is InChI=1S/C18H27N3O/c1-13-4-5-14(12-21(2)3)10-16(13)20-17(22)15-11-18(15)6-8-19-9-7-18/h4-5,10,15,19H,6-9,11-12H2,1-3H3,(H,20,22). The summed E-state index contributed by atoms with van der Waals surface area (Å²) in [5.41, 5.74) is 3.64. The lowest BCUT2D eigenvalue weighted by Crippen LogP contribution is -2.31. The van der Waals surface area contributed by atoms with Crippen LogP contribution in [0.25, 0.3) is 0 Å². The van der Waals surface area contributed by atoms with Crippen molar-refractivity contribution in [2.24, 2.45) is 11.3 Å². The number of hydrogen-bond donors (Lipinski definition) is 2. The first-order chi connectivity index (χ1) is 10.5. The summed E-state index contributed by atoms with van der Waals surface area (Å²) >= 11 is 0. The highest BCUT2D eigenvalue weighted by Gasteiger charge is 2.57. The summed E-state index contributed by atoms with van der Waals surface area (Å²) in [5, 5.41) is 6.57. The molecule has 0 aromatic heterocycles. The van der Waals surface area contributed by atoms with Gasteiger partial charge in [-0.3, -0.25) is 4.79 Å². The van der Waals surface area contributed by atoms with Crippen LogP contribution >= 0.6 is 0 Å². The molecule has 1 amide bonds. The van der Waals surface area contributed by atoms with Gasteiger partial charge >= 0.3 is 0 Å². The van der Waals surface area contributed by atoms with Crippen molar-refractivity contribution >= 4 is 11.6 Å². The van der Waals surface area contributed by atoms with Gasteiger partial charge in [-0.1, -0.05) is 12.1 Å². The molecule has 1 saturated heterocycles. The number of nitrogens with one attached hydrogen (secondary N) is 2. The number of piperidine rings is 1. The number of benzene rings is 1. The van der Waals surface area contributed by atoms with E-state index in [1.165, 1.54) is 5.56 Å². The molecule has 1 aromatic rings. The molecule has 120 valence electrons. The van der Waals surface area contributed by atoms with Gasteiger partial charge in [0.15, 0.2) is 0 Å². The zero-order chi connectivity index (χ0) is 15.7. The van der Waals surface area contributed by atoms with E-state index in [4.69, 9.17) is 0 Å². The van der Waals surface area contributed by atoms with E-state index in [2.05, 4.69) is 54.8 Å². The van der Waals surface area contributed by atoms with Crippen LogP contribution in [-0.2, 0) is 11.3 Å². The molecule has 2 aliphatic rings. The summed E-state index contributed by atoms with van der Waals surface area (Å²) in [6, 6.07) is 6.35. The minimum absolute atomic E-state index is 0.214. The molecule has 3 rings (SSSR count). The number of carbonyl (C=O) groups is 1. The number of carbonyl (C=O) groups excluding carboxylic acids is 1. The van der Waals surface area contributed by atoms with E-state index in [1.54, 1.807) is 0 Å². The molecule has 2 fully saturated rings. The molecule has 1 aliphatic heterocycles. The molecule has 22 heavy (non-hydrogen) atoms. The molecular formula is C18H27N3O. The zero-order valence-corrected chi connectivity index (χ0v) is 13.9. The van der Waals surface area contributed by atoms with E-state index in [9.17, 15) is 4.79 Å². The Morgan fingerprint density at radius 2 is 2.09 bits per heavy atom. The van der Waals surface area contributed by atoms with E-state index in [1.807, 2.05) is 0 Å².